The number of azide groups is 1. The minimum Gasteiger partial charge on any atom is -0.444 e. The molecule has 0 aromatic carbocycles. The maximum absolute atomic E-state index is 12.3. The Hall–Kier alpha value is -1.97. The van der Waals surface area contributed by atoms with E-state index in [1.54, 1.807) is 20.8 Å². The predicted molar refractivity (Wildman–Crippen MR) is 84.1 cm³/mol. The van der Waals surface area contributed by atoms with Crippen molar-refractivity contribution in [3.63, 3.8) is 0 Å². The van der Waals surface area contributed by atoms with E-state index in [4.69, 9.17) is 10.3 Å². The van der Waals surface area contributed by atoms with E-state index in [0.29, 0.717) is 6.54 Å². The van der Waals surface area contributed by atoms with Crippen LogP contribution in [-0.2, 0) is 4.74 Å². The van der Waals surface area contributed by atoms with Crippen molar-refractivity contribution in [2.75, 3.05) is 19.6 Å². The van der Waals surface area contributed by atoms with Gasteiger partial charge in [0.25, 0.3) is 0 Å². The van der Waals surface area contributed by atoms with Crippen molar-refractivity contribution in [2.45, 2.75) is 58.7 Å². The highest BCUT2D eigenvalue weighted by molar-refractivity contribution is 5.69. The molecule has 0 spiro atoms. The molecule has 8 heteroatoms. The lowest BCUT2D eigenvalue weighted by molar-refractivity contribution is 0.00511. The van der Waals surface area contributed by atoms with Crippen LogP contribution in [0.4, 0.5) is 4.79 Å². The molecule has 0 saturated carbocycles. The quantitative estimate of drug-likeness (QED) is 0.351. The molecule has 22 heavy (non-hydrogen) atoms. The number of nitriles is 1. The zero-order valence-electron chi connectivity index (χ0n) is 14.3. The van der Waals surface area contributed by atoms with Crippen LogP contribution in [0.25, 0.3) is 10.4 Å². The monoisotopic (exact) mass is 310 g/mol. The van der Waals surface area contributed by atoms with Gasteiger partial charge in [-0.1, -0.05) is 5.11 Å². The van der Waals surface area contributed by atoms with Crippen LogP contribution < -0.4 is 5.32 Å². The van der Waals surface area contributed by atoms with Gasteiger partial charge < -0.3 is 15.0 Å². The third-order valence-corrected chi connectivity index (χ3v) is 2.61. The van der Waals surface area contributed by atoms with Gasteiger partial charge in [-0.25, -0.2) is 4.79 Å². The van der Waals surface area contributed by atoms with Crippen LogP contribution in [0, 0.1) is 11.3 Å². The van der Waals surface area contributed by atoms with Crippen LogP contribution in [0.15, 0.2) is 5.11 Å². The largest absolute Gasteiger partial charge is 0.444 e. The van der Waals surface area contributed by atoms with Crippen LogP contribution in [0.5, 0.6) is 0 Å². The van der Waals surface area contributed by atoms with Gasteiger partial charge in [-0.3, -0.25) is 0 Å². The van der Waals surface area contributed by atoms with Gasteiger partial charge in [0.2, 0.25) is 0 Å². The second kappa shape index (κ2) is 8.47. The van der Waals surface area contributed by atoms with Crippen molar-refractivity contribution in [1.29, 1.82) is 5.26 Å². The molecule has 1 unspecified atom stereocenters. The van der Waals surface area contributed by atoms with Crippen LogP contribution >= 0.6 is 0 Å². The van der Waals surface area contributed by atoms with E-state index < -0.39 is 23.3 Å². The molecule has 0 aromatic rings. The standard InChI is InChI=1S/C14H26N6O2/c1-13(2,3)20(12(21)22-14(4,5)6)10-11(9-15)17-7-8-18-19-16/h11,17H,7-8,10H2,1-6H3. The molecule has 0 heterocycles. The average Bonchev–Trinajstić information content (AvgIpc) is 2.34. The molecule has 1 N–H and O–H groups in total. The van der Waals surface area contributed by atoms with Crippen LogP contribution in [0.3, 0.4) is 0 Å². The van der Waals surface area contributed by atoms with Crippen molar-refractivity contribution in [2.24, 2.45) is 5.11 Å². The molecule has 0 aliphatic carbocycles. The number of ether oxygens (including phenoxy) is 1. The molecular formula is C14H26N6O2. The van der Waals surface area contributed by atoms with Gasteiger partial charge in [-0.2, -0.15) is 5.26 Å². The van der Waals surface area contributed by atoms with Gasteiger partial charge >= 0.3 is 6.09 Å². The van der Waals surface area contributed by atoms with Gasteiger partial charge in [-0.15, -0.1) is 0 Å². The number of carbonyl (C=O) groups is 1. The van der Waals surface area contributed by atoms with Gasteiger partial charge in [0.1, 0.15) is 11.6 Å². The number of hydrogen-bond acceptors (Lipinski definition) is 5. The van der Waals surface area contributed by atoms with Crippen molar-refractivity contribution >= 4 is 6.09 Å². The Morgan fingerprint density at radius 2 is 2.00 bits per heavy atom. The molecule has 0 saturated heterocycles. The summed E-state index contributed by atoms with van der Waals surface area (Å²) in [6, 6.07) is 1.54. The zero-order chi connectivity index (χ0) is 17.4. The maximum Gasteiger partial charge on any atom is 0.410 e. The van der Waals surface area contributed by atoms with Gasteiger partial charge in [-0.05, 0) is 47.1 Å². The number of carbonyl (C=O) groups excluding carboxylic acids is 1. The first kappa shape index (κ1) is 20.0. The summed E-state index contributed by atoms with van der Waals surface area (Å²) in [5.41, 5.74) is 7.14. The molecule has 0 radical (unpaired) electrons. The lowest BCUT2D eigenvalue weighted by Crippen LogP contribution is -2.53. The lowest BCUT2D eigenvalue weighted by atomic mass is 10.1. The second-order valence-electron chi connectivity index (χ2n) is 6.85. The minimum absolute atomic E-state index is 0.186. The van der Waals surface area contributed by atoms with E-state index in [-0.39, 0.29) is 13.1 Å². The number of nitrogens with one attached hydrogen (secondary N) is 1. The third kappa shape index (κ3) is 8.35. The summed E-state index contributed by atoms with van der Waals surface area (Å²) in [4.78, 5) is 16.5. The van der Waals surface area contributed by atoms with E-state index in [2.05, 4.69) is 21.4 Å². The Morgan fingerprint density at radius 3 is 2.41 bits per heavy atom. The molecule has 1 amide bonds. The smallest absolute Gasteiger partial charge is 0.410 e. The Labute approximate surface area is 132 Å². The van der Waals surface area contributed by atoms with E-state index in [0.717, 1.165) is 0 Å². The van der Waals surface area contributed by atoms with Crippen LogP contribution in [-0.4, -0.2) is 47.8 Å². The summed E-state index contributed by atoms with van der Waals surface area (Å²) in [6.45, 7) is 11.8. The summed E-state index contributed by atoms with van der Waals surface area (Å²) in [5.74, 6) is 0. The van der Waals surface area contributed by atoms with Crippen molar-refractivity contribution < 1.29 is 9.53 Å². The summed E-state index contributed by atoms with van der Waals surface area (Å²) in [7, 11) is 0. The highest BCUT2D eigenvalue weighted by Gasteiger charge is 2.32. The molecule has 0 aliphatic rings. The van der Waals surface area contributed by atoms with Crippen molar-refractivity contribution in [3.8, 4) is 6.07 Å². The predicted octanol–water partition coefficient (Wildman–Crippen LogP) is 2.81. The molecule has 0 bridgehead atoms. The van der Waals surface area contributed by atoms with Gasteiger partial charge in [0, 0.05) is 23.5 Å². The third-order valence-electron chi connectivity index (χ3n) is 2.61. The van der Waals surface area contributed by atoms with Crippen LogP contribution in [0.1, 0.15) is 41.5 Å². The fourth-order valence-corrected chi connectivity index (χ4v) is 1.61. The minimum atomic E-state index is -0.600. The molecular weight excluding hydrogens is 284 g/mol. The van der Waals surface area contributed by atoms with Crippen molar-refractivity contribution in [1.82, 2.24) is 10.2 Å². The molecule has 124 valence electrons. The molecule has 0 aromatic heterocycles. The lowest BCUT2D eigenvalue weighted by Gasteiger charge is -2.37. The summed E-state index contributed by atoms with van der Waals surface area (Å²) in [6.07, 6.45) is -0.461. The Morgan fingerprint density at radius 1 is 1.41 bits per heavy atom. The van der Waals surface area contributed by atoms with E-state index in [1.165, 1.54) is 4.90 Å². The first-order valence-electron chi connectivity index (χ1n) is 7.15. The SMILES string of the molecule is CC(C)(C)OC(=O)N(CC(C#N)NCCN=[N+]=[N-])C(C)(C)C. The van der Waals surface area contributed by atoms with E-state index in [1.807, 2.05) is 20.8 Å². The zero-order valence-corrected chi connectivity index (χ0v) is 14.3. The first-order chi connectivity index (χ1) is 10.0. The number of amides is 1. The molecule has 1 atom stereocenters. The number of hydrogen-bond donors (Lipinski definition) is 1. The fraction of sp³-hybridized carbons (Fsp3) is 0.857. The number of nitrogens with zero attached hydrogens (tertiary/aromatic N) is 5. The molecule has 0 rings (SSSR count). The normalized spacial score (nSPS) is 12.8. The summed E-state index contributed by atoms with van der Waals surface area (Å²) >= 11 is 0. The fourth-order valence-electron chi connectivity index (χ4n) is 1.61. The topological polar surface area (TPSA) is 114 Å². The highest BCUT2D eigenvalue weighted by atomic mass is 16.6. The van der Waals surface area contributed by atoms with Gasteiger partial charge in [0.05, 0.1) is 12.6 Å². The summed E-state index contributed by atoms with van der Waals surface area (Å²) < 4.78 is 5.40. The Kier molecular flexibility index (Phi) is 7.71. The molecule has 8 nitrogen and oxygen atoms in total. The Bertz CT molecular complexity index is 451. The average molecular weight is 310 g/mol. The van der Waals surface area contributed by atoms with Crippen LogP contribution in [0.2, 0.25) is 0 Å². The second-order valence-corrected chi connectivity index (χ2v) is 6.85. The Balaban J connectivity index is 4.87. The highest BCUT2D eigenvalue weighted by Crippen LogP contribution is 2.18. The summed E-state index contributed by atoms with van der Waals surface area (Å²) in [5, 5.41) is 15.6. The van der Waals surface area contributed by atoms with Crippen molar-refractivity contribution in [3.05, 3.63) is 10.4 Å². The van der Waals surface area contributed by atoms with E-state index >= 15 is 0 Å². The first-order valence-corrected chi connectivity index (χ1v) is 7.15. The van der Waals surface area contributed by atoms with Gasteiger partial charge in [0.15, 0.2) is 0 Å². The molecule has 0 fully saturated rings. The number of rotatable bonds is 6. The molecule has 0 aliphatic heterocycles. The maximum atomic E-state index is 12.3. The van der Waals surface area contributed by atoms with E-state index in [9.17, 15) is 10.1 Å².